The number of hydrogen-bond donors (Lipinski definition) is 1. The van der Waals surface area contributed by atoms with Gasteiger partial charge in [0.1, 0.15) is 0 Å². The van der Waals surface area contributed by atoms with Crippen molar-refractivity contribution in [2.24, 2.45) is 10.7 Å². The molecule has 0 unspecified atom stereocenters. The molecule has 0 saturated heterocycles. The molecule has 0 aromatic heterocycles. The summed E-state index contributed by atoms with van der Waals surface area (Å²) in [7, 11) is 1.61. The smallest absolute Gasteiger partial charge is 0.255 e. The minimum absolute atomic E-state index is 0.0866. The number of aliphatic imine (C=N–C) groups is 1. The fraction of sp³-hybridized carbons (Fsp3) is 0.0909. The van der Waals surface area contributed by atoms with Crippen molar-refractivity contribution in [1.82, 2.24) is 0 Å². The lowest BCUT2D eigenvalue weighted by Gasteiger charge is -2.07. The van der Waals surface area contributed by atoms with Crippen LogP contribution < -0.4 is 5.73 Å². The topological polar surface area (TPSA) is 55.4 Å². The van der Waals surface area contributed by atoms with Gasteiger partial charge in [-0.3, -0.25) is 9.79 Å². The van der Waals surface area contributed by atoms with Gasteiger partial charge in [0.05, 0.1) is 15.6 Å². The van der Waals surface area contributed by atoms with Crippen LogP contribution in [0.4, 0.5) is 0 Å². The monoisotopic (exact) mass is 290 g/mol. The van der Waals surface area contributed by atoms with Gasteiger partial charge in [-0.05, 0) is 29.3 Å². The normalized spacial score (nSPS) is 12.1. The predicted octanol–water partition coefficient (Wildman–Crippen LogP) is 3.37. The minimum atomic E-state index is -0.700. The molecule has 0 aliphatic rings. The molecule has 0 aliphatic carbocycles. The molecule has 0 atom stereocenters. The lowest BCUT2D eigenvalue weighted by atomic mass is 10.1. The van der Waals surface area contributed by atoms with Crippen LogP contribution in [0.5, 0.6) is 0 Å². The lowest BCUT2D eigenvalue weighted by molar-refractivity contribution is 0.108. The van der Waals surface area contributed by atoms with Crippen molar-refractivity contribution in [2.75, 3.05) is 7.05 Å². The van der Waals surface area contributed by atoms with E-state index in [4.69, 9.17) is 40.5 Å². The minimum Gasteiger partial charge on any atom is -0.404 e. The first-order chi connectivity index (χ1) is 8.01. The van der Waals surface area contributed by atoms with E-state index in [0.717, 1.165) is 0 Å². The quantitative estimate of drug-likeness (QED) is 0.685. The van der Waals surface area contributed by atoms with Crippen molar-refractivity contribution < 1.29 is 4.79 Å². The number of nitrogens with zero attached hydrogens (tertiary/aromatic N) is 1. The molecule has 0 fully saturated rings. The number of halogens is 3. The summed E-state index contributed by atoms with van der Waals surface area (Å²) < 4.78 is 0. The highest BCUT2D eigenvalue weighted by Crippen LogP contribution is 2.30. The zero-order valence-corrected chi connectivity index (χ0v) is 11.1. The summed E-state index contributed by atoms with van der Waals surface area (Å²) in [6.07, 6.45) is 2.93. The van der Waals surface area contributed by atoms with Gasteiger partial charge in [-0.2, -0.15) is 0 Å². The highest BCUT2D eigenvalue weighted by molar-refractivity contribution is 6.70. The Balaban J connectivity index is 3.37. The molecule has 1 aromatic carbocycles. The van der Waals surface area contributed by atoms with E-state index in [1.807, 2.05) is 0 Å². The summed E-state index contributed by atoms with van der Waals surface area (Å²) >= 11 is 17.2. The van der Waals surface area contributed by atoms with Crippen LogP contribution >= 0.6 is 34.8 Å². The number of carbonyl (C=O) groups excluding carboxylic acids is 1. The van der Waals surface area contributed by atoms with E-state index in [0.29, 0.717) is 11.1 Å². The molecular formula is C11H9Cl3N2O. The third-order valence-corrected chi connectivity index (χ3v) is 2.80. The SMILES string of the molecule is CN=CC(=CN)c1cc(Cl)c(C(=O)Cl)c(Cl)c1. The van der Waals surface area contributed by atoms with Gasteiger partial charge in [0.2, 0.25) is 0 Å². The van der Waals surface area contributed by atoms with Crippen molar-refractivity contribution in [1.29, 1.82) is 0 Å². The second kappa shape index (κ2) is 6.05. The summed E-state index contributed by atoms with van der Waals surface area (Å²) in [5.41, 5.74) is 6.85. The van der Waals surface area contributed by atoms with Crippen LogP contribution in [0.2, 0.25) is 10.0 Å². The molecule has 0 aliphatic heterocycles. The number of carbonyl (C=O) groups is 1. The average molecular weight is 292 g/mol. The first-order valence-electron chi connectivity index (χ1n) is 4.54. The van der Waals surface area contributed by atoms with Crippen LogP contribution in [0.3, 0.4) is 0 Å². The molecule has 6 heteroatoms. The van der Waals surface area contributed by atoms with Crippen LogP contribution in [-0.2, 0) is 0 Å². The Kier molecular flexibility index (Phi) is 5.00. The molecule has 0 heterocycles. The van der Waals surface area contributed by atoms with Gasteiger partial charge in [0, 0.05) is 25.0 Å². The maximum Gasteiger partial charge on any atom is 0.255 e. The lowest BCUT2D eigenvalue weighted by Crippen LogP contribution is -1.97. The second-order valence-corrected chi connectivity index (χ2v) is 4.26. The number of nitrogens with two attached hydrogens (primary N) is 1. The molecule has 1 aromatic rings. The zero-order chi connectivity index (χ0) is 13.0. The van der Waals surface area contributed by atoms with E-state index in [1.54, 1.807) is 25.4 Å². The third-order valence-electron chi connectivity index (χ3n) is 2.02. The fourth-order valence-corrected chi connectivity index (χ4v) is 2.24. The van der Waals surface area contributed by atoms with E-state index in [2.05, 4.69) is 4.99 Å². The van der Waals surface area contributed by atoms with E-state index < -0.39 is 5.24 Å². The molecule has 0 amide bonds. The molecule has 0 spiro atoms. The number of benzene rings is 1. The highest BCUT2D eigenvalue weighted by atomic mass is 35.5. The first-order valence-corrected chi connectivity index (χ1v) is 5.68. The Morgan fingerprint density at radius 2 is 1.88 bits per heavy atom. The van der Waals surface area contributed by atoms with Gasteiger partial charge in [-0.1, -0.05) is 23.2 Å². The number of hydrogen-bond acceptors (Lipinski definition) is 3. The van der Waals surface area contributed by atoms with Crippen molar-refractivity contribution in [3.05, 3.63) is 39.5 Å². The maximum atomic E-state index is 11.1. The van der Waals surface area contributed by atoms with Gasteiger partial charge in [0.25, 0.3) is 5.24 Å². The molecular weight excluding hydrogens is 282 g/mol. The third kappa shape index (κ3) is 3.22. The molecule has 1 rings (SSSR count). The summed E-state index contributed by atoms with van der Waals surface area (Å²) in [5.74, 6) is 0. The molecule has 0 bridgehead atoms. The van der Waals surface area contributed by atoms with E-state index in [9.17, 15) is 4.79 Å². The molecule has 0 saturated carbocycles. The Labute approximate surface area is 114 Å². The number of allylic oxidation sites excluding steroid dienone is 1. The molecule has 3 nitrogen and oxygen atoms in total. The van der Waals surface area contributed by atoms with Crippen LogP contribution in [-0.4, -0.2) is 18.5 Å². The van der Waals surface area contributed by atoms with E-state index >= 15 is 0 Å². The van der Waals surface area contributed by atoms with Crippen LogP contribution in [0.25, 0.3) is 5.57 Å². The van der Waals surface area contributed by atoms with Crippen LogP contribution in [0, 0.1) is 0 Å². The van der Waals surface area contributed by atoms with Crippen molar-refractivity contribution in [2.45, 2.75) is 0 Å². The van der Waals surface area contributed by atoms with Crippen molar-refractivity contribution in [3.8, 4) is 0 Å². The van der Waals surface area contributed by atoms with Gasteiger partial charge in [0.15, 0.2) is 0 Å². The Bertz CT molecular complexity index is 486. The molecule has 2 N–H and O–H groups in total. The van der Waals surface area contributed by atoms with Crippen molar-refractivity contribution >= 4 is 51.8 Å². The first kappa shape index (κ1) is 14.0. The summed E-state index contributed by atoms with van der Waals surface area (Å²) in [5, 5.41) is -0.346. The molecule has 0 radical (unpaired) electrons. The largest absolute Gasteiger partial charge is 0.404 e. The highest BCUT2D eigenvalue weighted by Gasteiger charge is 2.14. The second-order valence-electron chi connectivity index (χ2n) is 3.10. The predicted molar refractivity (Wildman–Crippen MR) is 73.2 cm³/mol. The van der Waals surface area contributed by atoms with Gasteiger partial charge < -0.3 is 5.73 Å². The van der Waals surface area contributed by atoms with E-state index in [1.165, 1.54) is 6.20 Å². The number of rotatable bonds is 3. The summed E-state index contributed by atoms with van der Waals surface area (Å²) in [6, 6.07) is 3.12. The zero-order valence-electron chi connectivity index (χ0n) is 8.88. The maximum absolute atomic E-state index is 11.1. The van der Waals surface area contributed by atoms with Crippen LogP contribution in [0.1, 0.15) is 15.9 Å². The molecule has 90 valence electrons. The summed E-state index contributed by atoms with van der Waals surface area (Å²) in [6.45, 7) is 0. The van der Waals surface area contributed by atoms with Gasteiger partial charge in [-0.25, -0.2) is 0 Å². The van der Waals surface area contributed by atoms with E-state index in [-0.39, 0.29) is 15.6 Å². The molecule has 17 heavy (non-hydrogen) atoms. The van der Waals surface area contributed by atoms with Gasteiger partial charge >= 0.3 is 0 Å². The Hall–Kier alpha value is -1.03. The standard InChI is InChI=1S/C11H9Cl3N2O/c1-16-5-7(4-15)6-2-8(12)10(11(14)17)9(13)3-6/h2-5H,15H2,1H3. The fourth-order valence-electron chi connectivity index (χ4n) is 1.28. The Morgan fingerprint density at radius 3 is 2.24 bits per heavy atom. The van der Waals surface area contributed by atoms with Crippen molar-refractivity contribution in [3.63, 3.8) is 0 Å². The average Bonchev–Trinajstić information content (AvgIpc) is 2.24. The Morgan fingerprint density at radius 1 is 1.35 bits per heavy atom. The van der Waals surface area contributed by atoms with Gasteiger partial charge in [-0.15, -0.1) is 0 Å². The van der Waals surface area contributed by atoms with Crippen LogP contribution in [0.15, 0.2) is 23.3 Å². The summed E-state index contributed by atoms with van der Waals surface area (Å²) in [4.78, 5) is 14.9.